The highest BCUT2D eigenvalue weighted by atomic mass is 16.5. The Bertz CT molecular complexity index is 374. The van der Waals surface area contributed by atoms with Gasteiger partial charge in [-0.1, -0.05) is 51.2 Å². The predicted molar refractivity (Wildman–Crippen MR) is 76.4 cm³/mol. The molecule has 0 amide bonds. The minimum Gasteiger partial charge on any atom is -0.478 e. The molecular formula is C16H24O3. The third-order valence-corrected chi connectivity index (χ3v) is 3.08. The van der Waals surface area contributed by atoms with E-state index in [1.54, 1.807) is 18.2 Å². The van der Waals surface area contributed by atoms with E-state index in [0.717, 1.165) is 18.6 Å². The smallest absolute Gasteiger partial charge is 0.335 e. The van der Waals surface area contributed by atoms with Crippen LogP contribution >= 0.6 is 0 Å². The SMILES string of the molecule is CCCCCCCCOCc1cccc(C(=O)O)c1. The molecule has 0 fully saturated rings. The molecule has 0 bridgehead atoms. The highest BCUT2D eigenvalue weighted by molar-refractivity contribution is 5.87. The number of carboxylic acids is 1. The molecule has 0 unspecified atom stereocenters. The van der Waals surface area contributed by atoms with Crippen LogP contribution in [0, 0.1) is 0 Å². The van der Waals surface area contributed by atoms with Crippen LogP contribution in [0.15, 0.2) is 24.3 Å². The minimum absolute atomic E-state index is 0.320. The standard InChI is InChI=1S/C16H24O3/c1-2-3-4-5-6-7-11-19-13-14-9-8-10-15(12-14)16(17)18/h8-10,12H,2-7,11,13H2,1H3,(H,17,18). The molecule has 0 aromatic heterocycles. The van der Waals surface area contributed by atoms with Crippen LogP contribution in [0.3, 0.4) is 0 Å². The van der Waals surface area contributed by atoms with Crippen LogP contribution in [0.25, 0.3) is 0 Å². The summed E-state index contributed by atoms with van der Waals surface area (Å²) in [7, 11) is 0. The van der Waals surface area contributed by atoms with Crippen molar-refractivity contribution < 1.29 is 14.6 Å². The molecular weight excluding hydrogens is 240 g/mol. The monoisotopic (exact) mass is 264 g/mol. The molecule has 1 aromatic rings. The zero-order chi connectivity index (χ0) is 13.9. The van der Waals surface area contributed by atoms with Crippen molar-refractivity contribution >= 4 is 5.97 Å². The predicted octanol–water partition coefficient (Wildman–Crippen LogP) is 4.26. The van der Waals surface area contributed by atoms with Gasteiger partial charge in [0.2, 0.25) is 0 Å². The Kier molecular flexibility index (Phi) is 7.91. The van der Waals surface area contributed by atoms with Crippen LogP contribution in [0.2, 0.25) is 0 Å². The minimum atomic E-state index is -0.891. The first-order chi connectivity index (χ1) is 9.24. The molecule has 0 atom stereocenters. The number of rotatable bonds is 10. The summed E-state index contributed by atoms with van der Waals surface area (Å²) in [5, 5.41) is 8.88. The lowest BCUT2D eigenvalue weighted by Crippen LogP contribution is -1.99. The summed E-state index contributed by atoms with van der Waals surface area (Å²) in [6.07, 6.45) is 7.50. The highest BCUT2D eigenvalue weighted by Gasteiger charge is 2.02. The van der Waals surface area contributed by atoms with E-state index >= 15 is 0 Å². The lowest BCUT2D eigenvalue weighted by atomic mass is 10.1. The molecule has 0 aliphatic rings. The molecule has 0 aliphatic heterocycles. The first-order valence-electron chi connectivity index (χ1n) is 7.14. The fourth-order valence-corrected chi connectivity index (χ4v) is 1.97. The second-order valence-corrected chi connectivity index (χ2v) is 4.83. The van der Waals surface area contributed by atoms with Gasteiger partial charge in [0.25, 0.3) is 0 Å². The van der Waals surface area contributed by atoms with Crippen molar-refractivity contribution in [2.75, 3.05) is 6.61 Å². The van der Waals surface area contributed by atoms with Crippen molar-refractivity contribution in [1.82, 2.24) is 0 Å². The lowest BCUT2D eigenvalue weighted by Gasteiger charge is -2.05. The van der Waals surface area contributed by atoms with E-state index in [1.165, 1.54) is 32.1 Å². The van der Waals surface area contributed by atoms with E-state index in [4.69, 9.17) is 9.84 Å². The van der Waals surface area contributed by atoms with E-state index < -0.39 is 5.97 Å². The quantitative estimate of drug-likeness (QED) is 0.642. The van der Waals surface area contributed by atoms with E-state index in [2.05, 4.69) is 6.92 Å². The van der Waals surface area contributed by atoms with Crippen molar-refractivity contribution in [2.45, 2.75) is 52.1 Å². The third-order valence-electron chi connectivity index (χ3n) is 3.08. The van der Waals surface area contributed by atoms with Crippen molar-refractivity contribution in [1.29, 1.82) is 0 Å². The van der Waals surface area contributed by atoms with Gasteiger partial charge in [-0.25, -0.2) is 4.79 Å². The van der Waals surface area contributed by atoms with Gasteiger partial charge < -0.3 is 9.84 Å². The Morgan fingerprint density at radius 2 is 1.89 bits per heavy atom. The summed E-state index contributed by atoms with van der Waals surface area (Å²) < 4.78 is 5.57. The number of hydrogen-bond donors (Lipinski definition) is 1. The fraction of sp³-hybridized carbons (Fsp3) is 0.562. The van der Waals surface area contributed by atoms with Gasteiger partial charge in [0.15, 0.2) is 0 Å². The van der Waals surface area contributed by atoms with Crippen LogP contribution < -0.4 is 0 Å². The van der Waals surface area contributed by atoms with Gasteiger partial charge in [-0.15, -0.1) is 0 Å². The van der Waals surface area contributed by atoms with Gasteiger partial charge in [-0.05, 0) is 24.1 Å². The molecule has 3 nitrogen and oxygen atoms in total. The van der Waals surface area contributed by atoms with E-state index in [0.29, 0.717) is 12.2 Å². The normalized spacial score (nSPS) is 10.6. The fourth-order valence-electron chi connectivity index (χ4n) is 1.97. The topological polar surface area (TPSA) is 46.5 Å². The highest BCUT2D eigenvalue weighted by Crippen LogP contribution is 2.08. The summed E-state index contributed by atoms with van der Waals surface area (Å²) in [6.45, 7) is 3.47. The maximum absolute atomic E-state index is 10.8. The van der Waals surface area contributed by atoms with Gasteiger partial charge in [-0.3, -0.25) is 0 Å². The molecule has 0 saturated heterocycles. The van der Waals surface area contributed by atoms with Gasteiger partial charge >= 0.3 is 5.97 Å². The second-order valence-electron chi connectivity index (χ2n) is 4.83. The summed E-state index contributed by atoms with van der Waals surface area (Å²) in [5.41, 5.74) is 1.24. The number of carbonyl (C=O) groups is 1. The Morgan fingerprint density at radius 3 is 2.63 bits per heavy atom. The number of hydrogen-bond acceptors (Lipinski definition) is 2. The zero-order valence-electron chi connectivity index (χ0n) is 11.7. The molecule has 0 radical (unpaired) electrons. The number of carboxylic acid groups (broad SMARTS) is 1. The van der Waals surface area contributed by atoms with E-state index in [9.17, 15) is 4.79 Å². The molecule has 1 aromatic carbocycles. The van der Waals surface area contributed by atoms with Crippen molar-refractivity contribution in [3.8, 4) is 0 Å². The van der Waals surface area contributed by atoms with Gasteiger partial charge in [0.05, 0.1) is 12.2 Å². The molecule has 0 spiro atoms. The lowest BCUT2D eigenvalue weighted by molar-refractivity contribution is 0.0696. The molecule has 0 heterocycles. The summed E-state index contributed by atoms with van der Waals surface area (Å²) >= 11 is 0. The summed E-state index contributed by atoms with van der Waals surface area (Å²) in [5.74, 6) is -0.891. The van der Waals surface area contributed by atoms with Gasteiger partial charge in [-0.2, -0.15) is 0 Å². The van der Waals surface area contributed by atoms with Crippen LogP contribution in [-0.4, -0.2) is 17.7 Å². The summed E-state index contributed by atoms with van der Waals surface area (Å²) in [6, 6.07) is 6.92. The third kappa shape index (κ3) is 6.97. The van der Waals surface area contributed by atoms with Crippen LogP contribution in [0.4, 0.5) is 0 Å². The Balaban J connectivity index is 2.12. The van der Waals surface area contributed by atoms with Crippen molar-refractivity contribution in [3.05, 3.63) is 35.4 Å². The molecule has 0 saturated carbocycles. The number of benzene rings is 1. The van der Waals surface area contributed by atoms with Gasteiger partial charge in [0.1, 0.15) is 0 Å². The number of aromatic carboxylic acids is 1. The average Bonchev–Trinajstić information content (AvgIpc) is 2.42. The first-order valence-corrected chi connectivity index (χ1v) is 7.14. The maximum Gasteiger partial charge on any atom is 0.335 e. The zero-order valence-corrected chi connectivity index (χ0v) is 11.7. The average molecular weight is 264 g/mol. The van der Waals surface area contributed by atoms with Crippen LogP contribution in [-0.2, 0) is 11.3 Å². The molecule has 0 aliphatic carbocycles. The largest absolute Gasteiger partial charge is 0.478 e. The second kappa shape index (κ2) is 9.56. The van der Waals surface area contributed by atoms with E-state index in [1.807, 2.05) is 6.07 Å². The van der Waals surface area contributed by atoms with Crippen molar-refractivity contribution in [2.24, 2.45) is 0 Å². The number of unbranched alkanes of at least 4 members (excludes halogenated alkanes) is 5. The molecule has 1 N–H and O–H groups in total. The van der Waals surface area contributed by atoms with Crippen molar-refractivity contribution in [3.63, 3.8) is 0 Å². The molecule has 3 heteroatoms. The molecule has 19 heavy (non-hydrogen) atoms. The summed E-state index contributed by atoms with van der Waals surface area (Å²) in [4.78, 5) is 10.8. The Hall–Kier alpha value is -1.35. The van der Waals surface area contributed by atoms with Gasteiger partial charge in [0, 0.05) is 6.61 Å². The molecule has 106 valence electrons. The molecule has 1 rings (SSSR count). The maximum atomic E-state index is 10.8. The van der Waals surface area contributed by atoms with Crippen LogP contribution in [0.5, 0.6) is 0 Å². The van der Waals surface area contributed by atoms with Crippen LogP contribution in [0.1, 0.15) is 61.4 Å². The first kappa shape index (κ1) is 15.7. The number of ether oxygens (including phenoxy) is 1. The van der Waals surface area contributed by atoms with E-state index in [-0.39, 0.29) is 0 Å². The Labute approximate surface area is 115 Å². The Morgan fingerprint density at radius 1 is 1.16 bits per heavy atom.